The molecule has 1 fully saturated rings. The lowest BCUT2D eigenvalue weighted by molar-refractivity contribution is -0.0120. The summed E-state index contributed by atoms with van der Waals surface area (Å²) in [7, 11) is 2.02. The Morgan fingerprint density at radius 1 is 1.45 bits per heavy atom. The fourth-order valence-electron chi connectivity index (χ4n) is 2.30. The molecule has 0 bridgehead atoms. The van der Waals surface area contributed by atoms with Crippen molar-refractivity contribution in [1.29, 1.82) is 0 Å². The molecule has 0 radical (unpaired) electrons. The summed E-state index contributed by atoms with van der Waals surface area (Å²) < 4.78 is 5.21. The molecule has 2 rings (SSSR count). The molecule has 0 aromatic carbocycles. The maximum atomic E-state index is 11.9. The highest BCUT2D eigenvalue weighted by Gasteiger charge is 2.31. The van der Waals surface area contributed by atoms with Gasteiger partial charge in [-0.25, -0.2) is 4.79 Å². The van der Waals surface area contributed by atoms with Crippen LogP contribution in [0, 0.1) is 0 Å². The fraction of sp³-hybridized carbons (Fsp3) is 0.733. The molecular weight excluding hydrogens is 284 g/mol. The van der Waals surface area contributed by atoms with Gasteiger partial charge in [0.15, 0.2) is 5.82 Å². The molecule has 1 aliphatic rings. The van der Waals surface area contributed by atoms with E-state index in [0.717, 1.165) is 13.1 Å². The van der Waals surface area contributed by atoms with Crippen LogP contribution in [-0.2, 0) is 5.41 Å². The van der Waals surface area contributed by atoms with Crippen molar-refractivity contribution in [2.75, 3.05) is 32.0 Å². The van der Waals surface area contributed by atoms with Crippen LogP contribution in [0.3, 0.4) is 0 Å². The topological polar surface area (TPSA) is 90.6 Å². The summed E-state index contributed by atoms with van der Waals surface area (Å²) in [6.07, 6.45) is 1.31. The maximum Gasteiger partial charge on any atom is 0.320 e. The minimum Gasteiger partial charge on any atom is -0.388 e. The molecule has 22 heavy (non-hydrogen) atoms. The number of carbonyl (C=O) groups excluding carboxylic acids is 1. The smallest absolute Gasteiger partial charge is 0.320 e. The highest BCUT2D eigenvalue weighted by molar-refractivity contribution is 5.88. The van der Waals surface area contributed by atoms with Gasteiger partial charge in [-0.15, -0.1) is 0 Å². The first-order chi connectivity index (χ1) is 10.2. The predicted octanol–water partition coefficient (Wildman–Crippen LogP) is 1.55. The average Bonchev–Trinajstić information content (AvgIpc) is 2.89. The van der Waals surface area contributed by atoms with E-state index in [-0.39, 0.29) is 18.0 Å². The second-order valence-electron chi connectivity index (χ2n) is 7.16. The quantitative estimate of drug-likeness (QED) is 0.788. The van der Waals surface area contributed by atoms with Gasteiger partial charge >= 0.3 is 6.03 Å². The second kappa shape index (κ2) is 6.26. The van der Waals surface area contributed by atoms with E-state index in [9.17, 15) is 9.90 Å². The first-order valence-corrected chi connectivity index (χ1v) is 7.61. The number of piperidine rings is 1. The number of amides is 2. The van der Waals surface area contributed by atoms with Gasteiger partial charge in [-0.3, -0.25) is 5.32 Å². The number of likely N-dealkylation sites (tertiary alicyclic amines) is 1. The Labute approximate surface area is 131 Å². The summed E-state index contributed by atoms with van der Waals surface area (Å²) >= 11 is 0. The number of rotatable bonds is 3. The minimum absolute atomic E-state index is 0.160. The van der Waals surface area contributed by atoms with Gasteiger partial charge in [-0.2, -0.15) is 0 Å². The third-order valence-electron chi connectivity index (χ3n) is 3.99. The van der Waals surface area contributed by atoms with Crippen molar-refractivity contribution >= 4 is 11.8 Å². The monoisotopic (exact) mass is 310 g/mol. The number of carbonyl (C=O) groups is 1. The number of aromatic nitrogens is 1. The van der Waals surface area contributed by atoms with Gasteiger partial charge in [0.1, 0.15) is 5.76 Å². The molecule has 1 aromatic heterocycles. The van der Waals surface area contributed by atoms with Gasteiger partial charge in [0.2, 0.25) is 0 Å². The van der Waals surface area contributed by atoms with Gasteiger partial charge in [0.05, 0.1) is 5.60 Å². The van der Waals surface area contributed by atoms with E-state index in [1.54, 1.807) is 6.07 Å². The molecule has 124 valence electrons. The number of hydrogen-bond acceptors (Lipinski definition) is 5. The number of aliphatic hydroxyl groups is 1. The SMILES string of the molecule is CN1CCC(O)(CNC(=O)Nc2cc(C(C)(C)C)on2)CC1. The molecule has 7 heteroatoms. The number of nitrogens with one attached hydrogen (secondary N) is 2. The Morgan fingerprint density at radius 3 is 2.64 bits per heavy atom. The molecule has 0 unspecified atom stereocenters. The van der Waals surface area contributed by atoms with Crippen LogP contribution in [0.2, 0.25) is 0 Å². The average molecular weight is 310 g/mol. The van der Waals surface area contributed by atoms with E-state index < -0.39 is 5.60 Å². The van der Waals surface area contributed by atoms with E-state index in [4.69, 9.17) is 4.52 Å². The zero-order valence-electron chi connectivity index (χ0n) is 13.8. The predicted molar refractivity (Wildman–Crippen MR) is 83.9 cm³/mol. The highest BCUT2D eigenvalue weighted by Crippen LogP contribution is 2.24. The summed E-state index contributed by atoms with van der Waals surface area (Å²) in [5.74, 6) is 1.08. The summed E-state index contributed by atoms with van der Waals surface area (Å²) in [5, 5.41) is 19.6. The Kier molecular flexibility index (Phi) is 4.77. The third-order valence-corrected chi connectivity index (χ3v) is 3.99. The van der Waals surface area contributed by atoms with E-state index in [1.165, 1.54) is 0 Å². The summed E-state index contributed by atoms with van der Waals surface area (Å²) in [4.78, 5) is 14.1. The molecule has 0 spiro atoms. The van der Waals surface area contributed by atoms with Crippen LogP contribution in [0.25, 0.3) is 0 Å². The number of nitrogens with zero attached hydrogens (tertiary/aromatic N) is 2. The van der Waals surface area contributed by atoms with Gasteiger partial charge in [-0.05, 0) is 19.9 Å². The van der Waals surface area contributed by atoms with E-state index >= 15 is 0 Å². The van der Waals surface area contributed by atoms with E-state index in [1.807, 2.05) is 27.8 Å². The lowest BCUT2D eigenvalue weighted by Gasteiger charge is -2.36. The Hall–Kier alpha value is -1.60. The van der Waals surface area contributed by atoms with E-state index in [2.05, 4.69) is 20.7 Å². The van der Waals surface area contributed by atoms with Crippen molar-refractivity contribution in [3.05, 3.63) is 11.8 Å². The Bertz CT molecular complexity index is 513. The lowest BCUT2D eigenvalue weighted by atomic mass is 9.92. The molecular formula is C15H26N4O3. The van der Waals surface area contributed by atoms with Crippen LogP contribution in [0.1, 0.15) is 39.4 Å². The molecule has 3 N–H and O–H groups in total. The number of hydrogen-bond donors (Lipinski definition) is 3. The zero-order chi connectivity index (χ0) is 16.4. The van der Waals surface area contributed by atoms with Crippen LogP contribution in [0.4, 0.5) is 10.6 Å². The molecule has 0 saturated carbocycles. The lowest BCUT2D eigenvalue weighted by Crippen LogP contribution is -2.50. The molecule has 1 aliphatic heterocycles. The molecule has 2 amide bonds. The van der Waals surface area contributed by atoms with Crippen molar-refractivity contribution in [1.82, 2.24) is 15.4 Å². The van der Waals surface area contributed by atoms with Gasteiger partial charge in [0.25, 0.3) is 0 Å². The van der Waals surface area contributed by atoms with Gasteiger partial charge in [0, 0.05) is 31.1 Å². The van der Waals surface area contributed by atoms with E-state index in [0.29, 0.717) is 24.4 Å². The van der Waals surface area contributed by atoms with Crippen molar-refractivity contribution in [3.8, 4) is 0 Å². The van der Waals surface area contributed by atoms with Crippen LogP contribution in [-0.4, -0.2) is 53.5 Å². The molecule has 0 aliphatic carbocycles. The largest absolute Gasteiger partial charge is 0.388 e. The first-order valence-electron chi connectivity index (χ1n) is 7.61. The summed E-state index contributed by atoms with van der Waals surface area (Å²) in [6, 6.07) is 1.32. The zero-order valence-corrected chi connectivity index (χ0v) is 13.8. The third kappa shape index (κ3) is 4.45. The highest BCUT2D eigenvalue weighted by atomic mass is 16.5. The molecule has 0 atom stereocenters. The Morgan fingerprint density at radius 2 is 2.09 bits per heavy atom. The second-order valence-corrected chi connectivity index (χ2v) is 7.16. The van der Waals surface area contributed by atoms with Crippen molar-refractivity contribution in [2.24, 2.45) is 0 Å². The van der Waals surface area contributed by atoms with Crippen LogP contribution < -0.4 is 10.6 Å². The van der Waals surface area contributed by atoms with Crippen LogP contribution in [0.5, 0.6) is 0 Å². The fourth-order valence-corrected chi connectivity index (χ4v) is 2.30. The Balaban J connectivity index is 1.82. The summed E-state index contributed by atoms with van der Waals surface area (Å²) in [5.41, 5.74) is -0.989. The molecule has 7 nitrogen and oxygen atoms in total. The van der Waals surface area contributed by atoms with Crippen molar-refractivity contribution in [2.45, 2.75) is 44.6 Å². The molecule has 1 aromatic rings. The minimum atomic E-state index is -0.829. The van der Waals surface area contributed by atoms with Crippen molar-refractivity contribution < 1.29 is 14.4 Å². The van der Waals surface area contributed by atoms with Gasteiger partial charge in [-0.1, -0.05) is 25.9 Å². The standard InChI is InChI=1S/C15H26N4O3/c1-14(2,3)11-9-12(18-22-11)17-13(20)16-10-15(21)5-7-19(4)8-6-15/h9,21H,5-8,10H2,1-4H3,(H2,16,17,18,20). The molecule has 2 heterocycles. The first kappa shape index (κ1) is 16.8. The maximum absolute atomic E-state index is 11.9. The van der Waals surface area contributed by atoms with Gasteiger partial charge < -0.3 is 19.8 Å². The molecule has 1 saturated heterocycles. The summed E-state index contributed by atoms with van der Waals surface area (Å²) in [6.45, 7) is 7.92. The number of urea groups is 1. The number of anilines is 1. The van der Waals surface area contributed by atoms with Crippen LogP contribution in [0.15, 0.2) is 10.6 Å². The van der Waals surface area contributed by atoms with Crippen LogP contribution >= 0.6 is 0 Å². The van der Waals surface area contributed by atoms with Crippen molar-refractivity contribution in [3.63, 3.8) is 0 Å². The normalized spacial score (nSPS) is 19.0.